The highest BCUT2D eigenvalue weighted by atomic mass is 32.1. The third kappa shape index (κ3) is 4.17. The van der Waals surface area contributed by atoms with Crippen LogP contribution in [0.5, 0.6) is 0 Å². The van der Waals surface area contributed by atoms with Gasteiger partial charge in [0.2, 0.25) is 0 Å². The van der Waals surface area contributed by atoms with E-state index >= 15 is 0 Å². The van der Waals surface area contributed by atoms with Gasteiger partial charge in [0.05, 0.1) is 11.4 Å². The minimum atomic E-state index is 1.13. The van der Waals surface area contributed by atoms with Crippen LogP contribution in [-0.2, 0) is 0 Å². The van der Waals surface area contributed by atoms with Crippen molar-refractivity contribution in [2.75, 3.05) is 4.90 Å². The molecule has 0 N–H and O–H groups in total. The van der Waals surface area contributed by atoms with Gasteiger partial charge in [-0.1, -0.05) is 146 Å². The Labute approximate surface area is 282 Å². The van der Waals surface area contributed by atoms with E-state index in [1.165, 1.54) is 85.8 Å². The molecule has 0 spiro atoms. The van der Waals surface area contributed by atoms with E-state index in [9.17, 15) is 0 Å². The first-order valence-corrected chi connectivity index (χ1v) is 17.3. The fourth-order valence-corrected chi connectivity index (χ4v) is 8.79. The molecule has 1 nitrogen and oxygen atoms in total. The van der Waals surface area contributed by atoms with Crippen molar-refractivity contribution < 1.29 is 0 Å². The van der Waals surface area contributed by atoms with Gasteiger partial charge in [-0.15, -0.1) is 11.3 Å². The van der Waals surface area contributed by atoms with Gasteiger partial charge < -0.3 is 4.90 Å². The van der Waals surface area contributed by atoms with Crippen LogP contribution in [0, 0.1) is 0 Å². The molecule has 224 valence electrons. The average molecular weight is 628 g/mol. The molecule has 0 fully saturated rings. The number of hydrogen-bond acceptors (Lipinski definition) is 2. The second-order valence-electron chi connectivity index (χ2n) is 12.5. The maximum Gasteiger partial charge on any atom is 0.0554 e. The Hall–Kier alpha value is -5.96. The van der Waals surface area contributed by atoms with Crippen molar-refractivity contribution in [1.82, 2.24) is 0 Å². The summed E-state index contributed by atoms with van der Waals surface area (Å²) in [6, 6.07) is 64.5. The van der Waals surface area contributed by atoms with E-state index in [1.807, 2.05) is 11.3 Å². The summed E-state index contributed by atoms with van der Waals surface area (Å²) in [7, 11) is 0. The zero-order chi connectivity index (χ0) is 31.6. The van der Waals surface area contributed by atoms with Gasteiger partial charge in [0.1, 0.15) is 0 Å². The second kappa shape index (κ2) is 10.8. The highest BCUT2D eigenvalue weighted by molar-refractivity contribution is 7.26. The molecular formula is C46H29NS. The highest BCUT2D eigenvalue weighted by Crippen LogP contribution is 2.49. The third-order valence-corrected chi connectivity index (χ3v) is 10.9. The Balaban J connectivity index is 1.33. The van der Waals surface area contributed by atoms with E-state index in [-0.39, 0.29) is 0 Å². The second-order valence-corrected chi connectivity index (χ2v) is 13.6. The number of thiophene rings is 1. The molecule has 0 aliphatic carbocycles. The van der Waals surface area contributed by atoms with Gasteiger partial charge in [0.25, 0.3) is 0 Å². The number of hydrogen-bond donors (Lipinski definition) is 0. The lowest BCUT2D eigenvalue weighted by atomic mass is 9.94. The molecule has 10 aromatic rings. The summed E-state index contributed by atoms with van der Waals surface area (Å²) in [5, 5.41) is 12.7. The van der Waals surface area contributed by atoms with Gasteiger partial charge in [-0.2, -0.15) is 0 Å². The maximum atomic E-state index is 2.50. The first-order valence-electron chi connectivity index (χ1n) is 16.4. The maximum absolute atomic E-state index is 2.50. The summed E-state index contributed by atoms with van der Waals surface area (Å²) in [6.07, 6.45) is 0. The lowest BCUT2D eigenvalue weighted by Gasteiger charge is -2.29. The molecule has 0 aliphatic rings. The monoisotopic (exact) mass is 627 g/mol. The zero-order valence-corrected chi connectivity index (χ0v) is 26.9. The molecule has 2 heteroatoms. The van der Waals surface area contributed by atoms with Gasteiger partial charge in [-0.05, 0) is 73.8 Å². The summed E-state index contributed by atoms with van der Waals surface area (Å²) >= 11 is 1.88. The lowest BCUT2D eigenvalue weighted by molar-refractivity contribution is 1.32. The van der Waals surface area contributed by atoms with Crippen LogP contribution in [0.25, 0.3) is 74.4 Å². The molecule has 0 radical (unpaired) electrons. The van der Waals surface area contributed by atoms with Crippen molar-refractivity contribution in [3.8, 4) is 11.1 Å². The minimum absolute atomic E-state index is 1.13. The van der Waals surface area contributed by atoms with Crippen LogP contribution in [0.3, 0.4) is 0 Å². The molecule has 0 bridgehead atoms. The molecule has 10 rings (SSSR count). The lowest BCUT2D eigenvalue weighted by Crippen LogP contribution is -2.11. The Kier molecular flexibility index (Phi) is 6.12. The Morgan fingerprint density at radius 2 is 0.938 bits per heavy atom. The molecule has 0 atom stereocenters. The van der Waals surface area contributed by atoms with Crippen LogP contribution in [0.15, 0.2) is 176 Å². The fourth-order valence-electron chi connectivity index (χ4n) is 7.64. The van der Waals surface area contributed by atoms with Crippen LogP contribution in [-0.4, -0.2) is 0 Å². The van der Waals surface area contributed by atoms with Crippen LogP contribution in [0.4, 0.5) is 17.1 Å². The summed E-state index contributed by atoms with van der Waals surface area (Å²) in [5.74, 6) is 0. The topological polar surface area (TPSA) is 3.24 Å². The highest BCUT2D eigenvalue weighted by Gasteiger charge is 2.22. The van der Waals surface area contributed by atoms with E-state index in [1.54, 1.807) is 0 Å². The predicted octanol–water partition coefficient (Wildman–Crippen LogP) is 13.8. The first-order chi connectivity index (χ1) is 23.8. The molecule has 48 heavy (non-hydrogen) atoms. The summed E-state index contributed by atoms with van der Waals surface area (Å²) in [4.78, 5) is 2.50. The Morgan fingerprint density at radius 3 is 1.75 bits per heavy atom. The van der Waals surface area contributed by atoms with Gasteiger partial charge in [-0.3, -0.25) is 0 Å². The molecule has 1 heterocycles. The minimum Gasteiger partial charge on any atom is -0.309 e. The normalized spacial score (nSPS) is 11.8. The number of fused-ring (bicyclic) bond motifs is 10. The van der Waals surface area contributed by atoms with Gasteiger partial charge in [-0.25, -0.2) is 0 Å². The number of rotatable bonds is 4. The van der Waals surface area contributed by atoms with Crippen molar-refractivity contribution in [3.63, 3.8) is 0 Å². The SMILES string of the molecule is c1ccc(-c2ccc(N(c3cc4sc5ccccc5c4c4ccccc34)c3cccc4ccc5ccc6ccccc6c5c34)cc2)cc1. The van der Waals surface area contributed by atoms with Crippen LogP contribution in [0.2, 0.25) is 0 Å². The van der Waals surface area contributed by atoms with Crippen molar-refractivity contribution in [2.45, 2.75) is 0 Å². The van der Waals surface area contributed by atoms with Crippen molar-refractivity contribution in [2.24, 2.45) is 0 Å². The quantitative estimate of drug-likeness (QED) is 0.176. The van der Waals surface area contributed by atoms with E-state index in [4.69, 9.17) is 0 Å². The number of benzene rings is 9. The van der Waals surface area contributed by atoms with E-state index in [2.05, 4.69) is 181 Å². The molecule has 0 aliphatic heterocycles. The van der Waals surface area contributed by atoms with Gasteiger partial charge >= 0.3 is 0 Å². The van der Waals surface area contributed by atoms with E-state index < -0.39 is 0 Å². The molecular weight excluding hydrogens is 599 g/mol. The molecule has 0 saturated carbocycles. The zero-order valence-electron chi connectivity index (χ0n) is 26.1. The molecule has 0 saturated heterocycles. The summed E-state index contributed by atoms with van der Waals surface area (Å²) in [6.45, 7) is 0. The van der Waals surface area contributed by atoms with Crippen molar-refractivity contribution >= 4 is 91.7 Å². The molecule has 0 amide bonds. The average Bonchev–Trinajstić information content (AvgIpc) is 3.54. The molecule has 1 aromatic heterocycles. The van der Waals surface area contributed by atoms with E-state index in [0.29, 0.717) is 0 Å². The van der Waals surface area contributed by atoms with Crippen molar-refractivity contribution in [1.29, 1.82) is 0 Å². The molecule has 9 aromatic carbocycles. The van der Waals surface area contributed by atoms with Gasteiger partial charge in [0.15, 0.2) is 0 Å². The van der Waals surface area contributed by atoms with Crippen molar-refractivity contribution in [3.05, 3.63) is 176 Å². The molecule has 0 unspecified atom stereocenters. The fraction of sp³-hybridized carbons (Fsp3) is 0. The Bertz CT molecular complexity index is 2820. The Morgan fingerprint density at radius 1 is 0.333 bits per heavy atom. The van der Waals surface area contributed by atoms with Crippen LogP contribution < -0.4 is 4.90 Å². The van der Waals surface area contributed by atoms with Crippen LogP contribution in [0.1, 0.15) is 0 Å². The number of anilines is 3. The largest absolute Gasteiger partial charge is 0.309 e. The number of nitrogens with zero attached hydrogens (tertiary/aromatic N) is 1. The smallest absolute Gasteiger partial charge is 0.0554 e. The summed E-state index contributed by atoms with van der Waals surface area (Å²) < 4.78 is 2.61. The first kappa shape index (κ1) is 27.2. The standard InChI is InChI=1S/C46H29NS/c1-2-11-30(12-3-1)31-25-27-35(28-26-31)47(41-29-43-46(38-17-7-6-16-37(38)41)39-18-8-9-20-42(39)48-43)40-19-10-14-33-23-24-34-22-21-32-13-4-5-15-36(32)44(34)45(33)40/h1-29H. The van der Waals surface area contributed by atoms with E-state index in [0.717, 1.165) is 5.69 Å². The predicted molar refractivity (Wildman–Crippen MR) is 209 cm³/mol. The summed E-state index contributed by atoms with van der Waals surface area (Å²) in [5.41, 5.74) is 5.91. The van der Waals surface area contributed by atoms with Crippen LogP contribution >= 0.6 is 11.3 Å². The third-order valence-electron chi connectivity index (χ3n) is 9.81. The van der Waals surface area contributed by atoms with Gasteiger partial charge in [0, 0.05) is 36.6 Å².